The molecule has 6 nitrogen and oxygen atoms in total. The molecule has 0 aromatic carbocycles. The molecule has 0 bridgehead atoms. The van der Waals surface area contributed by atoms with Crippen LogP contribution in [0.3, 0.4) is 0 Å². The first-order valence-corrected chi connectivity index (χ1v) is 9.97. The lowest BCUT2D eigenvalue weighted by Crippen LogP contribution is -2.50. The average molecular weight is 345 g/mol. The van der Waals surface area contributed by atoms with E-state index in [0.717, 1.165) is 56.9 Å². The zero-order valence-electron chi connectivity index (χ0n) is 15.4. The lowest BCUT2D eigenvalue weighted by molar-refractivity contribution is -0.123. The number of aromatic nitrogens is 2. The first-order chi connectivity index (χ1) is 12.2. The van der Waals surface area contributed by atoms with Crippen LogP contribution in [0.1, 0.15) is 38.4 Å². The molecule has 0 radical (unpaired) electrons. The SMILES string of the molecule is CCn1ccnc1CN1CCN(CC(=O)NC(C2CC2)C2CC2)CC1. The van der Waals surface area contributed by atoms with Crippen molar-refractivity contribution in [1.82, 2.24) is 24.7 Å². The van der Waals surface area contributed by atoms with Gasteiger partial charge in [-0.3, -0.25) is 14.6 Å². The third-order valence-corrected chi connectivity index (χ3v) is 5.93. The van der Waals surface area contributed by atoms with Crippen LogP contribution in [0.25, 0.3) is 0 Å². The molecule has 0 spiro atoms. The number of carbonyl (C=O) groups excluding carboxylic acids is 1. The molecule has 2 saturated carbocycles. The molecule has 3 fully saturated rings. The first-order valence-electron chi connectivity index (χ1n) is 9.97. The van der Waals surface area contributed by atoms with Crippen molar-refractivity contribution in [2.75, 3.05) is 32.7 Å². The molecule has 1 N–H and O–H groups in total. The molecule has 3 aliphatic rings. The summed E-state index contributed by atoms with van der Waals surface area (Å²) in [4.78, 5) is 21.6. The summed E-state index contributed by atoms with van der Waals surface area (Å²) in [5, 5.41) is 3.34. The van der Waals surface area contributed by atoms with Crippen LogP contribution in [0.5, 0.6) is 0 Å². The molecule has 138 valence electrons. The largest absolute Gasteiger partial charge is 0.352 e. The number of imidazole rings is 1. The number of hydrogen-bond acceptors (Lipinski definition) is 4. The van der Waals surface area contributed by atoms with Gasteiger partial charge in [0.15, 0.2) is 0 Å². The van der Waals surface area contributed by atoms with E-state index >= 15 is 0 Å². The molecule has 1 amide bonds. The summed E-state index contributed by atoms with van der Waals surface area (Å²) in [7, 11) is 0. The molecule has 2 heterocycles. The summed E-state index contributed by atoms with van der Waals surface area (Å²) in [6, 6.07) is 0.474. The molecular weight excluding hydrogens is 314 g/mol. The summed E-state index contributed by atoms with van der Waals surface area (Å²) in [6.45, 7) is 8.56. The maximum absolute atomic E-state index is 12.4. The second-order valence-corrected chi connectivity index (χ2v) is 7.95. The number of aryl methyl sites for hydroxylation is 1. The normalized spacial score (nSPS) is 22.5. The van der Waals surface area contributed by atoms with Crippen molar-refractivity contribution in [3.63, 3.8) is 0 Å². The van der Waals surface area contributed by atoms with Crippen molar-refractivity contribution in [3.05, 3.63) is 18.2 Å². The maximum Gasteiger partial charge on any atom is 0.234 e. The van der Waals surface area contributed by atoms with E-state index in [-0.39, 0.29) is 5.91 Å². The van der Waals surface area contributed by atoms with E-state index in [1.54, 1.807) is 0 Å². The number of rotatable bonds is 8. The molecule has 1 aromatic rings. The van der Waals surface area contributed by atoms with E-state index in [9.17, 15) is 4.79 Å². The fourth-order valence-corrected chi connectivity index (χ4v) is 4.05. The molecule has 6 heteroatoms. The summed E-state index contributed by atoms with van der Waals surface area (Å²) >= 11 is 0. The fraction of sp³-hybridized carbons (Fsp3) is 0.789. The van der Waals surface area contributed by atoms with Gasteiger partial charge in [-0.2, -0.15) is 0 Å². The minimum absolute atomic E-state index is 0.235. The zero-order valence-corrected chi connectivity index (χ0v) is 15.4. The Balaban J connectivity index is 1.20. The summed E-state index contributed by atoms with van der Waals surface area (Å²) < 4.78 is 2.20. The fourth-order valence-electron chi connectivity index (χ4n) is 4.05. The lowest BCUT2D eigenvalue weighted by Gasteiger charge is -2.34. The van der Waals surface area contributed by atoms with Gasteiger partial charge in [0.05, 0.1) is 13.1 Å². The monoisotopic (exact) mass is 345 g/mol. The van der Waals surface area contributed by atoms with Gasteiger partial charge in [0.1, 0.15) is 5.82 Å². The van der Waals surface area contributed by atoms with Gasteiger partial charge < -0.3 is 9.88 Å². The van der Waals surface area contributed by atoms with Crippen LogP contribution in [0.2, 0.25) is 0 Å². The molecule has 4 rings (SSSR count). The minimum Gasteiger partial charge on any atom is -0.352 e. The Hall–Kier alpha value is -1.40. The average Bonchev–Trinajstić information content (AvgIpc) is 3.53. The highest BCUT2D eigenvalue weighted by atomic mass is 16.2. The number of nitrogens with zero attached hydrogens (tertiary/aromatic N) is 4. The highest BCUT2D eigenvalue weighted by molar-refractivity contribution is 5.78. The van der Waals surface area contributed by atoms with E-state index < -0.39 is 0 Å². The number of amides is 1. The number of carbonyl (C=O) groups is 1. The molecular formula is C19H31N5O. The van der Waals surface area contributed by atoms with E-state index in [2.05, 4.69) is 31.6 Å². The van der Waals surface area contributed by atoms with Gasteiger partial charge in [-0.1, -0.05) is 0 Å². The molecule has 1 aliphatic heterocycles. The first kappa shape index (κ1) is 17.0. The highest BCUT2D eigenvalue weighted by Crippen LogP contribution is 2.44. The maximum atomic E-state index is 12.4. The molecule has 1 aromatic heterocycles. The lowest BCUT2D eigenvalue weighted by atomic mass is 10.1. The third kappa shape index (κ3) is 4.42. The van der Waals surface area contributed by atoms with E-state index in [0.29, 0.717) is 12.6 Å². The predicted molar refractivity (Wildman–Crippen MR) is 97.0 cm³/mol. The van der Waals surface area contributed by atoms with Crippen molar-refractivity contribution in [1.29, 1.82) is 0 Å². The van der Waals surface area contributed by atoms with Crippen LogP contribution in [-0.2, 0) is 17.9 Å². The van der Waals surface area contributed by atoms with E-state index in [4.69, 9.17) is 0 Å². The Kier molecular flexibility index (Phi) is 5.08. The minimum atomic E-state index is 0.235. The van der Waals surface area contributed by atoms with Crippen molar-refractivity contribution >= 4 is 5.91 Å². The Morgan fingerprint density at radius 2 is 1.80 bits per heavy atom. The Bertz CT molecular complexity index is 572. The van der Waals surface area contributed by atoms with E-state index in [1.165, 1.54) is 25.7 Å². The summed E-state index contributed by atoms with van der Waals surface area (Å²) in [5.41, 5.74) is 0. The Morgan fingerprint density at radius 1 is 1.16 bits per heavy atom. The van der Waals surface area contributed by atoms with Gasteiger partial charge in [-0.15, -0.1) is 0 Å². The van der Waals surface area contributed by atoms with Gasteiger partial charge in [-0.25, -0.2) is 4.98 Å². The van der Waals surface area contributed by atoms with Crippen molar-refractivity contribution in [2.24, 2.45) is 11.8 Å². The Labute approximate surface area is 150 Å². The van der Waals surface area contributed by atoms with Crippen LogP contribution in [0.15, 0.2) is 12.4 Å². The van der Waals surface area contributed by atoms with Crippen LogP contribution >= 0.6 is 0 Å². The van der Waals surface area contributed by atoms with Gasteiger partial charge in [0, 0.05) is 51.2 Å². The second-order valence-electron chi connectivity index (χ2n) is 7.95. The standard InChI is InChI=1S/C19H31N5O/c1-2-24-8-7-20-17(24)13-22-9-11-23(12-10-22)14-18(25)21-19(15-3-4-15)16-5-6-16/h7-8,15-16,19H,2-6,9-14H2,1H3,(H,21,25). The van der Waals surface area contributed by atoms with Gasteiger partial charge in [0.25, 0.3) is 0 Å². The molecule has 1 saturated heterocycles. The number of nitrogens with one attached hydrogen (secondary N) is 1. The van der Waals surface area contributed by atoms with Crippen LogP contribution in [-0.4, -0.2) is 64.0 Å². The van der Waals surface area contributed by atoms with Crippen LogP contribution in [0, 0.1) is 11.8 Å². The molecule has 0 atom stereocenters. The summed E-state index contributed by atoms with van der Waals surface area (Å²) in [5.74, 6) is 2.93. The second kappa shape index (κ2) is 7.46. The van der Waals surface area contributed by atoms with Crippen LogP contribution < -0.4 is 5.32 Å². The van der Waals surface area contributed by atoms with Crippen molar-refractivity contribution < 1.29 is 4.79 Å². The van der Waals surface area contributed by atoms with Gasteiger partial charge in [-0.05, 0) is 44.4 Å². The molecule has 25 heavy (non-hydrogen) atoms. The molecule has 0 unspecified atom stereocenters. The molecule has 2 aliphatic carbocycles. The third-order valence-electron chi connectivity index (χ3n) is 5.93. The van der Waals surface area contributed by atoms with Crippen molar-refractivity contribution in [3.8, 4) is 0 Å². The summed E-state index contributed by atoms with van der Waals surface area (Å²) in [6.07, 6.45) is 9.18. The predicted octanol–water partition coefficient (Wildman–Crippen LogP) is 1.33. The number of hydrogen-bond donors (Lipinski definition) is 1. The highest BCUT2D eigenvalue weighted by Gasteiger charge is 2.42. The zero-order chi connectivity index (χ0) is 17.2. The van der Waals surface area contributed by atoms with Crippen molar-refractivity contribution in [2.45, 2.75) is 51.7 Å². The van der Waals surface area contributed by atoms with Crippen LogP contribution in [0.4, 0.5) is 0 Å². The topological polar surface area (TPSA) is 53.4 Å². The quantitative estimate of drug-likeness (QED) is 0.772. The number of piperazine rings is 1. The van der Waals surface area contributed by atoms with Gasteiger partial charge in [0.2, 0.25) is 5.91 Å². The van der Waals surface area contributed by atoms with E-state index in [1.807, 2.05) is 12.4 Å². The Morgan fingerprint density at radius 3 is 2.40 bits per heavy atom. The van der Waals surface area contributed by atoms with Gasteiger partial charge >= 0.3 is 0 Å². The smallest absolute Gasteiger partial charge is 0.234 e.